The van der Waals surface area contributed by atoms with Gasteiger partial charge in [0.2, 0.25) is 5.88 Å². The number of aromatic nitrogens is 3. The van der Waals surface area contributed by atoms with Gasteiger partial charge in [-0.2, -0.15) is 0 Å². The predicted molar refractivity (Wildman–Crippen MR) is 145 cm³/mol. The molecular weight excluding hydrogens is 480 g/mol. The van der Waals surface area contributed by atoms with Crippen molar-refractivity contribution in [1.82, 2.24) is 20.3 Å². The molecule has 1 unspecified atom stereocenters. The molecule has 2 aromatic carbocycles. The Labute approximate surface area is 219 Å². The smallest absolute Gasteiger partial charge is 0.251 e. The Morgan fingerprint density at radius 2 is 2.00 bits per heavy atom. The number of imidazole rings is 1. The summed E-state index contributed by atoms with van der Waals surface area (Å²) >= 11 is 0. The van der Waals surface area contributed by atoms with Gasteiger partial charge >= 0.3 is 0 Å². The van der Waals surface area contributed by atoms with E-state index < -0.39 is 12.0 Å². The molecule has 0 bridgehead atoms. The van der Waals surface area contributed by atoms with Crippen LogP contribution in [0.25, 0.3) is 16.6 Å². The standard InChI is InChI=1S/C30H26N4O4/c1-38-30-23(8-5-15-31-30)20-9-12-24(27(36)14-11-20)28-33-25-13-10-21(17-26(25)34-28)29(37)32-22(18-35)16-19-6-3-2-4-7-19/h2-8,10-11,13-15,17,22,24,35-36H,16,18H2,1H3,(H,32,37)(H,33,34)/t22-,24?/m1/s1. The minimum absolute atomic E-state index is 0.0408. The molecule has 0 aliphatic heterocycles. The van der Waals surface area contributed by atoms with E-state index in [-0.39, 0.29) is 18.3 Å². The molecule has 1 aliphatic carbocycles. The van der Waals surface area contributed by atoms with Gasteiger partial charge in [0.15, 0.2) is 0 Å². The van der Waals surface area contributed by atoms with Crippen molar-refractivity contribution >= 4 is 22.5 Å². The van der Waals surface area contributed by atoms with Crippen LogP contribution in [-0.2, 0) is 6.42 Å². The molecule has 1 amide bonds. The van der Waals surface area contributed by atoms with Crippen molar-refractivity contribution in [3.05, 3.63) is 107 Å². The quantitative estimate of drug-likeness (QED) is 0.269. The summed E-state index contributed by atoms with van der Waals surface area (Å²) in [5.74, 6) is 6.16. The highest BCUT2D eigenvalue weighted by molar-refractivity contribution is 5.97. The van der Waals surface area contributed by atoms with Crippen LogP contribution in [0.1, 0.15) is 33.2 Å². The Bertz CT molecular complexity index is 1590. The number of pyridine rings is 1. The van der Waals surface area contributed by atoms with Gasteiger partial charge in [-0.3, -0.25) is 4.79 Å². The number of aromatic amines is 1. The normalized spacial score (nSPS) is 15.5. The minimum Gasteiger partial charge on any atom is -0.511 e. The van der Waals surface area contributed by atoms with E-state index in [1.54, 1.807) is 49.7 Å². The lowest BCUT2D eigenvalue weighted by molar-refractivity contribution is 0.0916. The summed E-state index contributed by atoms with van der Waals surface area (Å²) in [6, 6.07) is 18.0. The monoisotopic (exact) mass is 506 g/mol. The average Bonchev–Trinajstić information content (AvgIpc) is 3.28. The second-order valence-corrected chi connectivity index (χ2v) is 8.83. The van der Waals surface area contributed by atoms with Gasteiger partial charge in [0.1, 0.15) is 17.5 Å². The van der Waals surface area contributed by atoms with Gasteiger partial charge in [-0.1, -0.05) is 42.2 Å². The molecule has 38 heavy (non-hydrogen) atoms. The number of hydrogen-bond acceptors (Lipinski definition) is 6. The van der Waals surface area contributed by atoms with Crippen LogP contribution in [0, 0.1) is 11.8 Å². The first-order chi connectivity index (χ1) is 18.6. The molecule has 2 aromatic heterocycles. The maximum atomic E-state index is 12.9. The van der Waals surface area contributed by atoms with E-state index in [1.165, 1.54) is 0 Å². The zero-order chi connectivity index (χ0) is 26.5. The van der Waals surface area contributed by atoms with Crippen molar-refractivity contribution in [3.63, 3.8) is 0 Å². The zero-order valence-electron chi connectivity index (χ0n) is 20.7. The van der Waals surface area contributed by atoms with Crippen molar-refractivity contribution in [2.24, 2.45) is 0 Å². The Balaban J connectivity index is 1.36. The van der Waals surface area contributed by atoms with Gasteiger partial charge in [-0.05, 0) is 54.5 Å². The molecule has 2 atom stereocenters. The maximum Gasteiger partial charge on any atom is 0.251 e. The van der Waals surface area contributed by atoms with Crippen LogP contribution in [0.15, 0.2) is 84.8 Å². The topological polar surface area (TPSA) is 120 Å². The van der Waals surface area contributed by atoms with Gasteiger partial charge in [-0.15, -0.1) is 0 Å². The van der Waals surface area contributed by atoms with Gasteiger partial charge in [-0.25, -0.2) is 9.97 Å². The van der Waals surface area contributed by atoms with Gasteiger partial charge in [0.05, 0.1) is 36.4 Å². The highest BCUT2D eigenvalue weighted by Crippen LogP contribution is 2.29. The van der Waals surface area contributed by atoms with E-state index in [2.05, 4.69) is 32.1 Å². The number of carbonyl (C=O) groups excluding carboxylic acids is 1. The van der Waals surface area contributed by atoms with E-state index >= 15 is 0 Å². The van der Waals surface area contributed by atoms with Crippen LogP contribution in [0.5, 0.6) is 5.88 Å². The molecule has 0 spiro atoms. The Morgan fingerprint density at radius 3 is 2.79 bits per heavy atom. The number of hydrogen-bond donors (Lipinski definition) is 4. The Morgan fingerprint density at radius 1 is 1.16 bits per heavy atom. The molecular formula is C30H26N4O4. The molecule has 4 N–H and O–H groups in total. The molecule has 8 nitrogen and oxygen atoms in total. The summed E-state index contributed by atoms with van der Waals surface area (Å²) in [4.78, 5) is 24.9. The van der Waals surface area contributed by atoms with E-state index in [0.717, 1.165) is 11.1 Å². The number of amides is 1. The van der Waals surface area contributed by atoms with Crippen LogP contribution in [0.3, 0.4) is 0 Å². The lowest BCUT2D eigenvalue weighted by Gasteiger charge is -2.16. The molecule has 0 radical (unpaired) electrons. The zero-order valence-corrected chi connectivity index (χ0v) is 20.7. The third kappa shape index (κ3) is 5.28. The fraction of sp³-hybridized carbons (Fsp3) is 0.167. The number of allylic oxidation sites excluding steroid dienone is 4. The first kappa shape index (κ1) is 24.8. The number of fused-ring (bicyclic) bond motifs is 1. The van der Waals surface area contributed by atoms with E-state index in [4.69, 9.17) is 4.74 Å². The Kier molecular flexibility index (Phi) is 7.20. The number of nitrogens with one attached hydrogen (secondary N) is 2. The molecule has 2 heterocycles. The number of ether oxygens (including phenoxy) is 1. The Hall–Kier alpha value is -4.87. The summed E-state index contributed by atoms with van der Waals surface area (Å²) < 4.78 is 5.34. The fourth-order valence-corrected chi connectivity index (χ4v) is 4.29. The summed E-state index contributed by atoms with van der Waals surface area (Å²) in [6.07, 6.45) is 5.46. The summed E-state index contributed by atoms with van der Waals surface area (Å²) in [5.41, 5.74) is 4.11. The number of aliphatic hydroxyl groups is 2. The summed E-state index contributed by atoms with van der Waals surface area (Å²) in [5, 5.41) is 23.4. The SMILES string of the molecule is COc1ncccc1C1=CC=C(O)C(c2nc3ccc(C(=O)N[C@@H](CO)Cc4ccccc4)cc3[nH]2)C#C1. The van der Waals surface area contributed by atoms with Crippen LogP contribution < -0.4 is 10.1 Å². The highest BCUT2D eigenvalue weighted by Gasteiger charge is 2.21. The number of rotatable bonds is 8. The third-order valence-electron chi connectivity index (χ3n) is 6.24. The van der Waals surface area contributed by atoms with Crippen molar-refractivity contribution in [2.75, 3.05) is 13.7 Å². The highest BCUT2D eigenvalue weighted by atomic mass is 16.5. The van der Waals surface area contributed by atoms with Crippen molar-refractivity contribution in [2.45, 2.75) is 18.4 Å². The number of methoxy groups -OCH3 is 1. The largest absolute Gasteiger partial charge is 0.511 e. The van der Waals surface area contributed by atoms with Crippen molar-refractivity contribution in [1.29, 1.82) is 0 Å². The van der Waals surface area contributed by atoms with E-state index in [9.17, 15) is 15.0 Å². The van der Waals surface area contributed by atoms with Gasteiger partial charge in [0, 0.05) is 17.3 Å². The maximum absolute atomic E-state index is 12.9. The second-order valence-electron chi connectivity index (χ2n) is 8.83. The number of H-pyrrole nitrogens is 1. The second kappa shape index (κ2) is 11.0. The predicted octanol–water partition coefficient (Wildman–Crippen LogP) is 3.93. The fourth-order valence-electron chi connectivity index (χ4n) is 4.29. The van der Waals surface area contributed by atoms with Crippen molar-refractivity contribution in [3.8, 4) is 17.7 Å². The van der Waals surface area contributed by atoms with Gasteiger partial charge < -0.3 is 25.3 Å². The third-order valence-corrected chi connectivity index (χ3v) is 6.24. The number of carbonyl (C=O) groups is 1. The molecule has 0 saturated carbocycles. The average molecular weight is 507 g/mol. The van der Waals surface area contributed by atoms with Crippen molar-refractivity contribution < 1.29 is 19.7 Å². The summed E-state index contributed by atoms with van der Waals surface area (Å²) in [7, 11) is 1.54. The first-order valence-electron chi connectivity index (χ1n) is 12.1. The molecule has 8 heteroatoms. The number of aliphatic hydroxyl groups excluding tert-OH is 2. The molecule has 4 aromatic rings. The van der Waals surface area contributed by atoms with E-state index in [1.807, 2.05) is 36.4 Å². The van der Waals surface area contributed by atoms with Crippen LogP contribution in [0.2, 0.25) is 0 Å². The molecule has 0 saturated heterocycles. The molecule has 0 fully saturated rings. The molecule has 190 valence electrons. The lowest BCUT2D eigenvalue weighted by Crippen LogP contribution is -2.39. The minimum atomic E-state index is -0.680. The van der Waals surface area contributed by atoms with Gasteiger partial charge in [0.25, 0.3) is 5.91 Å². The van der Waals surface area contributed by atoms with Crippen LogP contribution in [0.4, 0.5) is 0 Å². The summed E-state index contributed by atoms with van der Waals surface area (Å²) in [6.45, 7) is -0.177. The van der Waals surface area contributed by atoms with Crippen LogP contribution >= 0.6 is 0 Å². The molecule has 5 rings (SSSR count). The number of nitrogens with zero attached hydrogens (tertiary/aromatic N) is 2. The van der Waals surface area contributed by atoms with Crippen LogP contribution in [-0.4, -0.2) is 50.8 Å². The lowest BCUT2D eigenvalue weighted by atomic mass is 10.1. The van der Waals surface area contributed by atoms with E-state index in [0.29, 0.717) is 40.3 Å². The first-order valence-corrected chi connectivity index (χ1v) is 12.1. The molecule has 1 aliphatic rings. The number of benzene rings is 2.